The smallest absolute Gasteiger partial charge is 0.252 e. The Kier molecular flexibility index (Phi) is 4.37. The van der Waals surface area contributed by atoms with Crippen LogP contribution in [0.2, 0.25) is 0 Å². The summed E-state index contributed by atoms with van der Waals surface area (Å²) in [6.07, 6.45) is 7.57. The van der Waals surface area contributed by atoms with E-state index in [1.807, 2.05) is 25.3 Å². The number of nitrogens with zero attached hydrogens (tertiary/aromatic N) is 3. The van der Waals surface area contributed by atoms with Gasteiger partial charge in [0.15, 0.2) is 0 Å². The van der Waals surface area contributed by atoms with Gasteiger partial charge >= 0.3 is 0 Å². The minimum Gasteiger partial charge on any atom is -0.356 e. The van der Waals surface area contributed by atoms with E-state index in [2.05, 4.69) is 25.2 Å². The molecule has 1 amide bonds. The molecule has 3 heterocycles. The summed E-state index contributed by atoms with van der Waals surface area (Å²) in [5.74, 6) is 2.30. The second-order valence-electron chi connectivity index (χ2n) is 5.52. The maximum absolute atomic E-state index is 11.8. The first-order valence-corrected chi connectivity index (χ1v) is 7.76. The highest BCUT2D eigenvalue weighted by atomic mass is 16.1. The molecule has 6 nitrogen and oxygen atoms in total. The molecular formula is C16H21N5O. The van der Waals surface area contributed by atoms with Gasteiger partial charge in [-0.15, -0.1) is 0 Å². The molecule has 2 aromatic rings. The Morgan fingerprint density at radius 2 is 2.36 bits per heavy atom. The molecule has 0 spiro atoms. The number of imidazole rings is 1. The number of aromatic nitrogens is 3. The van der Waals surface area contributed by atoms with Gasteiger partial charge in [0.1, 0.15) is 11.6 Å². The van der Waals surface area contributed by atoms with Crippen LogP contribution < -0.4 is 10.2 Å². The summed E-state index contributed by atoms with van der Waals surface area (Å²) >= 11 is 0. The number of hydrogen-bond acceptors (Lipinski definition) is 4. The number of anilines is 1. The Morgan fingerprint density at radius 1 is 1.45 bits per heavy atom. The molecule has 0 aliphatic carbocycles. The Balaban J connectivity index is 1.69. The lowest BCUT2D eigenvalue weighted by molar-refractivity contribution is 0.0955. The van der Waals surface area contributed by atoms with Crippen LogP contribution in [0, 0.1) is 0 Å². The monoisotopic (exact) mass is 299 g/mol. The maximum Gasteiger partial charge on any atom is 0.252 e. The van der Waals surface area contributed by atoms with Crippen molar-refractivity contribution in [1.29, 1.82) is 0 Å². The number of piperidine rings is 1. The van der Waals surface area contributed by atoms with Gasteiger partial charge in [-0.2, -0.15) is 0 Å². The van der Waals surface area contributed by atoms with Gasteiger partial charge in [-0.25, -0.2) is 9.97 Å². The van der Waals surface area contributed by atoms with E-state index in [9.17, 15) is 4.79 Å². The van der Waals surface area contributed by atoms with E-state index in [4.69, 9.17) is 0 Å². The summed E-state index contributed by atoms with van der Waals surface area (Å²) in [5, 5.41) is 2.78. The van der Waals surface area contributed by atoms with E-state index in [1.165, 1.54) is 0 Å². The van der Waals surface area contributed by atoms with Gasteiger partial charge in [-0.05, 0) is 31.9 Å². The van der Waals surface area contributed by atoms with Crippen LogP contribution >= 0.6 is 0 Å². The van der Waals surface area contributed by atoms with E-state index < -0.39 is 0 Å². The fourth-order valence-electron chi connectivity index (χ4n) is 2.88. The summed E-state index contributed by atoms with van der Waals surface area (Å²) in [6, 6.07) is 3.76. The van der Waals surface area contributed by atoms with Crippen molar-refractivity contribution in [1.82, 2.24) is 20.3 Å². The Labute approximate surface area is 130 Å². The third-order valence-corrected chi connectivity index (χ3v) is 4.00. The van der Waals surface area contributed by atoms with Gasteiger partial charge < -0.3 is 15.2 Å². The van der Waals surface area contributed by atoms with Gasteiger partial charge in [-0.3, -0.25) is 4.79 Å². The fourth-order valence-corrected chi connectivity index (χ4v) is 2.88. The number of hydrogen-bond donors (Lipinski definition) is 2. The number of carbonyl (C=O) groups is 1. The Bertz CT molecular complexity index is 608. The molecule has 1 atom stereocenters. The number of rotatable bonds is 4. The molecule has 22 heavy (non-hydrogen) atoms. The number of pyridine rings is 1. The predicted octanol–water partition coefficient (Wildman–Crippen LogP) is 1.94. The summed E-state index contributed by atoms with van der Waals surface area (Å²) in [5.41, 5.74) is 0.602. The molecule has 1 aliphatic heterocycles. The number of nitrogens with one attached hydrogen (secondary N) is 2. The average molecular weight is 299 g/mol. The van der Waals surface area contributed by atoms with E-state index in [1.54, 1.807) is 12.4 Å². The SMILES string of the molecule is CCNC(=O)c1ccc(N2CCCC(c3ncc[nH]3)C2)nc1. The first kappa shape index (κ1) is 14.6. The van der Waals surface area contributed by atoms with Crippen molar-refractivity contribution in [3.8, 4) is 0 Å². The fraction of sp³-hybridized carbons (Fsp3) is 0.438. The van der Waals surface area contributed by atoms with Crippen molar-refractivity contribution in [2.24, 2.45) is 0 Å². The first-order valence-electron chi connectivity index (χ1n) is 7.76. The molecule has 1 unspecified atom stereocenters. The molecule has 0 aromatic carbocycles. The van der Waals surface area contributed by atoms with Crippen LogP contribution in [0.25, 0.3) is 0 Å². The zero-order valence-electron chi connectivity index (χ0n) is 12.7. The minimum atomic E-state index is -0.0753. The Hall–Kier alpha value is -2.37. The van der Waals surface area contributed by atoms with Crippen LogP contribution in [0.5, 0.6) is 0 Å². The van der Waals surface area contributed by atoms with Gasteiger partial charge in [0, 0.05) is 44.1 Å². The predicted molar refractivity (Wildman–Crippen MR) is 85.0 cm³/mol. The first-order chi connectivity index (χ1) is 10.8. The zero-order valence-corrected chi connectivity index (χ0v) is 12.7. The maximum atomic E-state index is 11.8. The van der Waals surface area contributed by atoms with Crippen molar-refractivity contribution in [3.63, 3.8) is 0 Å². The number of aromatic amines is 1. The van der Waals surface area contributed by atoms with E-state index in [-0.39, 0.29) is 5.91 Å². The molecule has 6 heteroatoms. The van der Waals surface area contributed by atoms with Crippen LogP contribution in [0.4, 0.5) is 5.82 Å². The summed E-state index contributed by atoms with van der Waals surface area (Å²) in [4.78, 5) is 26.1. The van der Waals surface area contributed by atoms with Crippen LogP contribution in [-0.4, -0.2) is 40.5 Å². The lowest BCUT2D eigenvalue weighted by Gasteiger charge is -2.32. The second kappa shape index (κ2) is 6.60. The van der Waals surface area contributed by atoms with Gasteiger partial charge in [0.25, 0.3) is 5.91 Å². The molecule has 0 radical (unpaired) electrons. The topological polar surface area (TPSA) is 73.9 Å². The summed E-state index contributed by atoms with van der Waals surface area (Å²) in [6.45, 7) is 4.42. The highest BCUT2D eigenvalue weighted by Gasteiger charge is 2.23. The van der Waals surface area contributed by atoms with Crippen molar-refractivity contribution in [3.05, 3.63) is 42.1 Å². The summed E-state index contributed by atoms with van der Waals surface area (Å²) < 4.78 is 0. The third kappa shape index (κ3) is 3.10. The largest absolute Gasteiger partial charge is 0.356 e. The number of amides is 1. The van der Waals surface area contributed by atoms with Crippen LogP contribution in [0.3, 0.4) is 0 Å². The minimum absolute atomic E-state index is 0.0753. The van der Waals surface area contributed by atoms with Crippen LogP contribution in [0.1, 0.15) is 41.9 Å². The average Bonchev–Trinajstić information content (AvgIpc) is 3.10. The zero-order chi connectivity index (χ0) is 15.4. The molecule has 2 N–H and O–H groups in total. The lowest BCUT2D eigenvalue weighted by Crippen LogP contribution is -2.35. The van der Waals surface area contributed by atoms with Gasteiger partial charge in [-0.1, -0.05) is 0 Å². The summed E-state index contributed by atoms with van der Waals surface area (Å²) in [7, 11) is 0. The number of carbonyl (C=O) groups excluding carboxylic acids is 1. The van der Waals surface area contributed by atoms with Crippen molar-refractivity contribution >= 4 is 11.7 Å². The lowest BCUT2D eigenvalue weighted by atomic mass is 9.97. The quantitative estimate of drug-likeness (QED) is 0.905. The van der Waals surface area contributed by atoms with E-state index in [0.717, 1.165) is 37.6 Å². The normalized spacial score (nSPS) is 18.2. The molecule has 1 fully saturated rings. The van der Waals surface area contributed by atoms with Crippen molar-refractivity contribution in [2.45, 2.75) is 25.7 Å². The molecule has 0 saturated carbocycles. The second-order valence-corrected chi connectivity index (χ2v) is 5.52. The Morgan fingerprint density at radius 3 is 3.05 bits per heavy atom. The van der Waals surface area contributed by atoms with Gasteiger partial charge in [0.2, 0.25) is 0 Å². The molecule has 1 saturated heterocycles. The third-order valence-electron chi connectivity index (χ3n) is 4.00. The van der Waals surface area contributed by atoms with Crippen LogP contribution in [-0.2, 0) is 0 Å². The van der Waals surface area contributed by atoms with E-state index in [0.29, 0.717) is 18.0 Å². The van der Waals surface area contributed by atoms with Crippen molar-refractivity contribution < 1.29 is 4.79 Å². The highest BCUT2D eigenvalue weighted by Crippen LogP contribution is 2.27. The molecule has 116 valence electrons. The molecule has 1 aliphatic rings. The molecule has 2 aromatic heterocycles. The molecular weight excluding hydrogens is 278 g/mol. The van der Waals surface area contributed by atoms with Crippen molar-refractivity contribution in [2.75, 3.05) is 24.5 Å². The van der Waals surface area contributed by atoms with E-state index >= 15 is 0 Å². The standard InChI is InChI=1S/C16H21N5O/c1-2-17-16(22)12-5-6-14(20-10-12)21-9-3-4-13(11-21)15-18-7-8-19-15/h5-8,10,13H,2-4,9,11H2,1H3,(H,17,22)(H,18,19). The molecule has 0 bridgehead atoms. The number of H-pyrrole nitrogens is 1. The highest BCUT2D eigenvalue weighted by molar-refractivity contribution is 5.93. The van der Waals surface area contributed by atoms with Crippen LogP contribution in [0.15, 0.2) is 30.7 Å². The molecule has 3 rings (SSSR count). The van der Waals surface area contributed by atoms with Gasteiger partial charge in [0.05, 0.1) is 5.56 Å².